The molecular formula is C20H32N2O6. The van der Waals surface area contributed by atoms with Gasteiger partial charge in [-0.25, -0.2) is 0 Å². The summed E-state index contributed by atoms with van der Waals surface area (Å²) < 4.78 is 11.5. The Morgan fingerprint density at radius 2 is 2.07 bits per heavy atom. The van der Waals surface area contributed by atoms with E-state index in [1.807, 2.05) is 20.8 Å². The Balaban J connectivity index is 1.94. The lowest BCUT2D eigenvalue weighted by molar-refractivity contribution is -0.154. The molecule has 0 aliphatic carbocycles. The number of nitrogens with one attached hydrogen (secondary N) is 1. The molecule has 2 bridgehead atoms. The summed E-state index contributed by atoms with van der Waals surface area (Å²) in [5.74, 6) is -2.23. The van der Waals surface area contributed by atoms with Crippen LogP contribution in [0.2, 0.25) is 0 Å². The van der Waals surface area contributed by atoms with Crippen LogP contribution >= 0.6 is 0 Å². The second-order valence-electron chi connectivity index (χ2n) is 9.01. The summed E-state index contributed by atoms with van der Waals surface area (Å²) >= 11 is 0. The van der Waals surface area contributed by atoms with Crippen LogP contribution in [-0.4, -0.2) is 70.8 Å². The number of amides is 2. The number of esters is 1. The number of aliphatic hydroxyl groups is 1. The van der Waals surface area contributed by atoms with Crippen LogP contribution in [0.3, 0.4) is 0 Å². The lowest BCUT2D eigenvalue weighted by Gasteiger charge is -2.35. The second kappa shape index (κ2) is 7.63. The third-order valence-corrected chi connectivity index (χ3v) is 5.91. The van der Waals surface area contributed by atoms with E-state index in [1.54, 1.807) is 11.8 Å². The number of hydrogen-bond donors (Lipinski definition) is 2. The van der Waals surface area contributed by atoms with Crippen molar-refractivity contribution in [1.29, 1.82) is 0 Å². The molecule has 8 nitrogen and oxygen atoms in total. The average Bonchev–Trinajstić information content (AvgIpc) is 3.21. The van der Waals surface area contributed by atoms with Crippen LogP contribution < -0.4 is 5.32 Å². The van der Waals surface area contributed by atoms with Gasteiger partial charge in [0.05, 0.1) is 24.5 Å². The molecule has 3 rings (SSSR count). The first-order chi connectivity index (χ1) is 13.2. The van der Waals surface area contributed by atoms with Gasteiger partial charge in [-0.1, -0.05) is 0 Å². The largest absolute Gasteiger partial charge is 0.466 e. The monoisotopic (exact) mass is 396 g/mol. The van der Waals surface area contributed by atoms with Crippen molar-refractivity contribution in [3.05, 3.63) is 0 Å². The van der Waals surface area contributed by atoms with Crippen molar-refractivity contribution in [2.24, 2.45) is 11.8 Å². The third-order valence-electron chi connectivity index (χ3n) is 5.91. The molecule has 0 aromatic rings. The minimum Gasteiger partial charge on any atom is -0.466 e. The molecule has 2 amide bonds. The number of carbonyl (C=O) groups is 3. The van der Waals surface area contributed by atoms with Crippen molar-refractivity contribution >= 4 is 17.8 Å². The van der Waals surface area contributed by atoms with Gasteiger partial charge in [0.15, 0.2) is 0 Å². The summed E-state index contributed by atoms with van der Waals surface area (Å²) in [6, 6.07) is -0.771. The van der Waals surface area contributed by atoms with Crippen molar-refractivity contribution in [3.8, 4) is 0 Å². The molecule has 3 aliphatic rings. The average molecular weight is 396 g/mol. The van der Waals surface area contributed by atoms with Crippen LogP contribution in [0.4, 0.5) is 0 Å². The molecule has 0 saturated carbocycles. The highest BCUT2D eigenvalue weighted by Crippen LogP contribution is 2.58. The Morgan fingerprint density at radius 3 is 2.68 bits per heavy atom. The van der Waals surface area contributed by atoms with Crippen LogP contribution in [0.1, 0.15) is 53.4 Å². The van der Waals surface area contributed by atoms with Crippen molar-refractivity contribution in [1.82, 2.24) is 10.2 Å². The first kappa shape index (κ1) is 21.0. The van der Waals surface area contributed by atoms with Gasteiger partial charge in [-0.05, 0) is 53.4 Å². The van der Waals surface area contributed by atoms with E-state index < -0.39 is 35.0 Å². The van der Waals surface area contributed by atoms with E-state index in [9.17, 15) is 14.4 Å². The minimum atomic E-state index is -0.978. The van der Waals surface area contributed by atoms with Gasteiger partial charge in [-0.15, -0.1) is 0 Å². The van der Waals surface area contributed by atoms with E-state index in [4.69, 9.17) is 14.6 Å². The maximum absolute atomic E-state index is 13.4. The first-order valence-corrected chi connectivity index (χ1v) is 10.2. The molecular weight excluding hydrogens is 364 g/mol. The number of rotatable bonds is 7. The highest BCUT2D eigenvalue weighted by atomic mass is 16.6. The van der Waals surface area contributed by atoms with E-state index >= 15 is 0 Å². The van der Waals surface area contributed by atoms with Crippen LogP contribution in [0.25, 0.3) is 0 Å². The Morgan fingerprint density at radius 1 is 1.36 bits per heavy atom. The Hall–Kier alpha value is -1.67. The summed E-state index contributed by atoms with van der Waals surface area (Å²) in [6.45, 7) is 8.02. The van der Waals surface area contributed by atoms with Gasteiger partial charge in [0, 0.05) is 18.7 Å². The highest BCUT2D eigenvalue weighted by Gasteiger charge is 2.74. The molecule has 0 unspecified atom stereocenters. The topological polar surface area (TPSA) is 105 Å². The van der Waals surface area contributed by atoms with E-state index in [0.29, 0.717) is 32.2 Å². The van der Waals surface area contributed by atoms with Gasteiger partial charge in [-0.2, -0.15) is 0 Å². The maximum Gasteiger partial charge on any atom is 0.312 e. The molecule has 1 spiro atoms. The van der Waals surface area contributed by atoms with Gasteiger partial charge in [0.2, 0.25) is 11.8 Å². The molecule has 5 atom stereocenters. The molecule has 0 aromatic heterocycles. The number of fused-ring (bicyclic) bond motifs is 1. The standard InChI is InChI=1S/C20H32N2O6/c1-5-27-18(26)13-12-8-9-20(28-12)14(13)17(25)22(10-6-7-11-23)15(20)16(24)21-19(2,3)4/h12-15,23H,5-11H2,1-4H3,(H,21,24)/t12-,13+,14+,15-,20+/m1/s1. The van der Waals surface area contributed by atoms with Crippen molar-refractivity contribution < 1.29 is 29.0 Å². The van der Waals surface area contributed by atoms with Gasteiger partial charge < -0.3 is 24.8 Å². The van der Waals surface area contributed by atoms with E-state index in [2.05, 4.69) is 5.32 Å². The summed E-state index contributed by atoms with van der Waals surface area (Å²) in [5, 5.41) is 12.1. The molecule has 0 radical (unpaired) electrons. The lowest BCUT2D eigenvalue weighted by atomic mass is 9.70. The van der Waals surface area contributed by atoms with Crippen molar-refractivity contribution in [3.63, 3.8) is 0 Å². The third kappa shape index (κ3) is 3.41. The fraction of sp³-hybridized carbons (Fsp3) is 0.850. The summed E-state index contributed by atoms with van der Waals surface area (Å²) in [7, 11) is 0. The van der Waals surface area contributed by atoms with E-state index in [-0.39, 0.29) is 31.1 Å². The fourth-order valence-corrected chi connectivity index (χ4v) is 5.03. The Labute approximate surface area is 165 Å². The predicted octanol–water partition coefficient (Wildman–Crippen LogP) is 0.611. The molecule has 2 N–H and O–H groups in total. The second-order valence-corrected chi connectivity index (χ2v) is 9.01. The number of hydrogen-bond acceptors (Lipinski definition) is 6. The number of unbranched alkanes of at least 4 members (excludes halogenated alkanes) is 1. The number of ether oxygens (including phenoxy) is 2. The van der Waals surface area contributed by atoms with E-state index in [0.717, 1.165) is 0 Å². The minimum absolute atomic E-state index is 0.0273. The highest BCUT2D eigenvalue weighted by molar-refractivity contribution is 5.98. The zero-order chi connectivity index (χ0) is 20.7. The van der Waals surface area contributed by atoms with Crippen LogP contribution in [0.15, 0.2) is 0 Å². The van der Waals surface area contributed by atoms with Crippen LogP contribution in [-0.2, 0) is 23.9 Å². The molecule has 3 heterocycles. The number of nitrogens with zero attached hydrogens (tertiary/aromatic N) is 1. The molecule has 158 valence electrons. The summed E-state index contributed by atoms with van der Waals surface area (Å²) in [6.07, 6.45) is 1.95. The quantitative estimate of drug-likeness (QED) is 0.483. The lowest BCUT2D eigenvalue weighted by Crippen LogP contribution is -2.58. The number of aliphatic hydroxyl groups excluding tert-OH is 1. The molecule has 28 heavy (non-hydrogen) atoms. The molecule has 3 aliphatic heterocycles. The molecule has 3 saturated heterocycles. The molecule has 8 heteroatoms. The predicted molar refractivity (Wildman–Crippen MR) is 100 cm³/mol. The summed E-state index contributed by atoms with van der Waals surface area (Å²) in [5.41, 5.74) is -1.43. The Bertz CT molecular complexity index is 645. The molecule has 0 aromatic carbocycles. The first-order valence-electron chi connectivity index (χ1n) is 10.2. The zero-order valence-electron chi connectivity index (χ0n) is 17.2. The SMILES string of the molecule is CCOC(=O)[C@@H]1[C@H]2C(=O)N(CCCCO)[C@H](C(=O)NC(C)(C)C)[C@]23CC[C@H]1O3. The van der Waals surface area contributed by atoms with Gasteiger partial charge in [0.1, 0.15) is 11.6 Å². The van der Waals surface area contributed by atoms with Crippen molar-refractivity contribution in [2.75, 3.05) is 19.8 Å². The smallest absolute Gasteiger partial charge is 0.312 e. The van der Waals surface area contributed by atoms with Gasteiger partial charge in [-0.3, -0.25) is 14.4 Å². The van der Waals surface area contributed by atoms with Gasteiger partial charge >= 0.3 is 5.97 Å². The van der Waals surface area contributed by atoms with Crippen LogP contribution in [0.5, 0.6) is 0 Å². The van der Waals surface area contributed by atoms with Crippen molar-refractivity contribution in [2.45, 2.75) is 76.7 Å². The van der Waals surface area contributed by atoms with Crippen LogP contribution in [0, 0.1) is 11.8 Å². The number of carbonyl (C=O) groups excluding carboxylic acids is 3. The Kier molecular flexibility index (Phi) is 5.74. The maximum atomic E-state index is 13.4. The molecule has 3 fully saturated rings. The summed E-state index contributed by atoms with van der Waals surface area (Å²) in [4.78, 5) is 40.7. The van der Waals surface area contributed by atoms with E-state index in [1.165, 1.54) is 0 Å². The van der Waals surface area contributed by atoms with Gasteiger partial charge in [0.25, 0.3) is 0 Å². The number of likely N-dealkylation sites (tertiary alicyclic amines) is 1. The zero-order valence-corrected chi connectivity index (χ0v) is 17.2. The normalized spacial score (nSPS) is 33.9. The fourth-order valence-electron chi connectivity index (χ4n) is 5.03.